The van der Waals surface area contributed by atoms with Crippen molar-refractivity contribution < 1.29 is 14.7 Å². The van der Waals surface area contributed by atoms with E-state index in [1.165, 1.54) is 0 Å². The van der Waals surface area contributed by atoms with Crippen LogP contribution >= 0.6 is 0 Å². The molecule has 2 amide bonds. The molecule has 0 aromatic rings. The molecule has 6 heteroatoms. The number of carboxylic acid groups (broad SMARTS) is 1. The van der Waals surface area contributed by atoms with Crippen LogP contribution < -0.4 is 10.6 Å². The third kappa shape index (κ3) is 3.35. The Balaban J connectivity index is 1.70. The monoisotopic (exact) mass is 255 g/mol. The highest BCUT2D eigenvalue weighted by Crippen LogP contribution is 2.25. The number of likely N-dealkylation sites (tertiary alicyclic amines) is 1. The summed E-state index contributed by atoms with van der Waals surface area (Å²) in [5, 5.41) is 14.7. The van der Waals surface area contributed by atoms with Crippen molar-refractivity contribution in [2.75, 3.05) is 20.1 Å². The van der Waals surface area contributed by atoms with Crippen LogP contribution in [0.4, 0.5) is 4.79 Å². The average molecular weight is 255 g/mol. The van der Waals surface area contributed by atoms with E-state index in [2.05, 4.69) is 15.5 Å². The highest BCUT2D eigenvalue weighted by atomic mass is 16.4. The third-order valence-corrected chi connectivity index (χ3v) is 3.84. The smallest absolute Gasteiger partial charge is 0.315 e. The zero-order valence-electron chi connectivity index (χ0n) is 10.7. The van der Waals surface area contributed by atoms with E-state index < -0.39 is 5.97 Å². The van der Waals surface area contributed by atoms with Gasteiger partial charge in [-0.3, -0.25) is 4.79 Å². The Morgan fingerprint density at radius 2 is 1.89 bits per heavy atom. The van der Waals surface area contributed by atoms with Crippen molar-refractivity contribution in [3.8, 4) is 0 Å². The molecule has 2 fully saturated rings. The van der Waals surface area contributed by atoms with E-state index in [1.807, 2.05) is 7.05 Å². The fourth-order valence-corrected chi connectivity index (χ4v) is 2.80. The lowest BCUT2D eigenvalue weighted by atomic mass is 10.1. The molecule has 6 nitrogen and oxygen atoms in total. The molecule has 1 aliphatic carbocycles. The van der Waals surface area contributed by atoms with Crippen molar-refractivity contribution >= 4 is 12.0 Å². The summed E-state index contributed by atoms with van der Waals surface area (Å²) in [5.74, 6) is -1.05. The molecule has 3 N–H and O–H groups in total. The second-order valence-electron chi connectivity index (χ2n) is 5.41. The fraction of sp³-hybridized carbons (Fsp3) is 0.833. The number of hydrogen-bond acceptors (Lipinski definition) is 3. The van der Waals surface area contributed by atoms with Crippen molar-refractivity contribution in [1.29, 1.82) is 0 Å². The summed E-state index contributed by atoms with van der Waals surface area (Å²) in [6.45, 7) is 1.89. The number of likely N-dealkylation sites (N-methyl/N-ethyl adjacent to an activating group) is 1. The number of urea groups is 1. The zero-order chi connectivity index (χ0) is 13.1. The molecule has 0 aromatic carbocycles. The summed E-state index contributed by atoms with van der Waals surface area (Å²) in [7, 11) is 2.04. The van der Waals surface area contributed by atoms with E-state index >= 15 is 0 Å². The quantitative estimate of drug-likeness (QED) is 0.675. The number of carboxylic acids is 1. The highest BCUT2D eigenvalue weighted by Gasteiger charge is 2.31. The Morgan fingerprint density at radius 1 is 1.17 bits per heavy atom. The predicted octanol–water partition coefficient (Wildman–Crippen LogP) is 0.243. The molecule has 1 aliphatic heterocycles. The molecule has 0 bridgehead atoms. The zero-order valence-corrected chi connectivity index (χ0v) is 10.7. The Hall–Kier alpha value is -1.30. The van der Waals surface area contributed by atoms with E-state index in [1.54, 1.807) is 0 Å². The second-order valence-corrected chi connectivity index (χ2v) is 5.41. The molecule has 3 atom stereocenters. The normalized spacial score (nSPS) is 32.4. The topological polar surface area (TPSA) is 81.7 Å². The fourth-order valence-electron chi connectivity index (χ4n) is 2.80. The first-order valence-electron chi connectivity index (χ1n) is 6.53. The molecular formula is C12H21N3O3. The second kappa shape index (κ2) is 5.56. The maximum atomic E-state index is 11.8. The number of hydrogen-bond donors (Lipinski definition) is 3. The SMILES string of the molecule is CN1CCC(NC(=O)N[C@H]2CC[C@@H](C(=O)O)C2)C1. The van der Waals surface area contributed by atoms with E-state index in [4.69, 9.17) is 5.11 Å². The first-order chi connectivity index (χ1) is 8.54. The summed E-state index contributed by atoms with van der Waals surface area (Å²) in [6.07, 6.45) is 2.95. The summed E-state index contributed by atoms with van der Waals surface area (Å²) >= 11 is 0. The van der Waals surface area contributed by atoms with Gasteiger partial charge in [0.05, 0.1) is 5.92 Å². The third-order valence-electron chi connectivity index (χ3n) is 3.84. The van der Waals surface area contributed by atoms with E-state index in [-0.39, 0.29) is 24.0 Å². The minimum Gasteiger partial charge on any atom is -0.481 e. The van der Waals surface area contributed by atoms with Crippen LogP contribution in [0, 0.1) is 5.92 Å². The largest absolute Gasteiger partial charge is 0.481 e. The van der Waals surface area contributed by atoms with Gasteiger partial charge in [0, 0.05) is 18.6 Å². The van der Waals surface area contributed by atoms with Crippen LogP contribution in [0.25, 0.3) is 0 Å². The van der Waals surface area contributed by atoms with Crippen LogP contribution in [-0.4, -0.2) is 54.2 Å². The van der Waals surface area contributed by atoms with Crippen LogP contribution in [0.2, 0.25) is 0 Å². The number of nitrogens with zero attached hydrogens (tertiary/aromatic N) is 1. The molecule has 0 aromatic heterocycles. The maximum absolute atomic E-state index is 11.8. The van der Waals surface area contributed by atoms with E-state index in [0.717, 1.165) is 25.9 Å². The number of rotatable bonds is 3. The van der Waals surface area contributed by atoms with Gasteiger partial charge < -0.3 is 20.6 Å². The number of nitrogens with one attached hydrogen (secondary N) is 2. The number of carbonyl (C=O) groups excluding carboxylic acids is 1. The lowest BCUT2D eigenvalue weighted by Gasteiger charge is -2.17. The van der Waals surface area contributed by atoms with Crippen LogP contribution in [0.5, 0.6) is 0 Å². The molecule has 18 heavy (non-hydrogen) atoms. The highest BCUT2D eigenvalue weighted by molar-refractivity contribution is 5.75. The van der Waals surface area contributed by atoms with Crippen LogP contribution in [0.3, 0.4) is 0 Å². The summed E-state index contributed by atoms with van der Waals surface area (Å²) in [4.78, 5) is 24.7. The van der Waals surface area contributed by atoms with Crippen LogP contribution in [0.1, 0.15) is 25.7 Å². The van der Waals surface area contributed by atoms with Gasteiger partial charge in [0.15, 0.2) is 0 Å². The van der Waals surface area contributed by atoms with Crippen molar-refractivity contribution in [3.05, 3.63) is 0 Å². The van der Waals surface area contributed by atoms with Crippen LogP contribution in [0.15, 0.2) is 0 Å². The van der Waals surface area contributed by atoms with Gasteiger partial charge in [-0.25, -0.2) is 4.79 Å². The van der Waals surface area contributed by atoms with Crippen molar-refractivity contribution in [3.63, 3.8) is 0 Å². The Kier molecular flexibility index (Phi) is 4.06. The summed E-state index contributed by atoms with van der Waals surface area (Å²) in [5.41, 5.74) is 0. The van der Waals surface area contributed by atoms with Gasteiger partial charge in [0.25, 0.3) is 0 Å². The van der Waals surface area contributed by atoms with Gasteiger partial charge in [0.2, 0.25) is 0 Å². The minimum atomic E-state index is -0.753. The number of amides is 2. The number of aliphatic carboxylic acids is 1. The molecule has 102 valence electrons. The molecular weight excluding hydrogens is 234 g/mol. The Bertz CT molecular complexity index is 335. The molecule has 0 radical (unpaired) electrons. The average Bonchev–Trinajstić information content (AvgIpc) is 2.88. The first kappa shape index (κ1) is 13.1. The van der Waals surface area contributed by atoms with E-state index in [0.29, 0.717) is 12.8 Å². The predicted molar refractivity (Wildman–Crippen MR) is 66.3 cm³/mol. The molecule has 1 heterocycles. The lowest BCUT2D eigenvalue weighted by molar-refractivity contribution is -0.141. The molecule has 2 aliphatic rings. The van der Waals surface area contributed by atoms with Gasteiger partial charge in [-0.1, -0.05) is 0 Å². The van der Waals surface area contributed by atoms with E-state index in [9.17, 15) is 9.59 Å². The maximum Gasteiger partial charge on any atom is 0.315 e. The first-order valence-corrected chi connectivity index (χ1v) is 6.53. The van der Waals surface area contributed by atoms with Gasteiger partial charge >= 0.3 is 12.0 Å². The molecule has 0 spiro atoms. The van der Waals surface area contributed by atoms with Crippen LogP contribution in [-0.2, 0) is 4.79 Å². The minimum absolute atomic E-state index is 0.00485. The number of carbonyl (C=O) groups is 2. The molecule has 2 rings (SSSR count). The summed E-state index contributed by atoms with van der Waals surface area (Å²) < 4.78 is 0. The van der Waals surface area contributed by atoms with Gasteiger partial charge in [0.1, 0.15) is 0 Å². The van der Waals surface area contributed by atoms with Crippen molar-refractivity contribution in [1.82, 2.24) is 15.5 Å². The molecule has 1 saturated carbocycles. The van der Waals surface area contributed by atoms with Gasteiger partial charge in [-0.15, -0.1) is 0 Å². The Labute approximate surface area is 107 Å². The lowest BCUT2D eigenvalue weighted by Crippen LogP contribution is -2.46. The standard InChI is InChI=1S/C12H21N3O3/c1-15-5-4-10(7-15)14-12(18)13-9-3-2-8(6-9)11(16)17/h8-10H,2-7H2,1H3,(H,16,17)(H2,13,14,18)/t8-,9+,10?/m1/s1. The summed E-state index contributed by atoms with van der Waals surface area (Å²) in [6, 6.07) is 0.0586. The molecule has 1 saturated heterocycles. The molecule has 1 unspecified atom stereocenters. The Morgan fingerprint density at radius 3 is 2.44 bits per heavy atom. The van der Waals surface area contributed by atoms with Crippen molar-refractivity contribution in [2.45, 2.75) is 37.8 Å². The van der Waals surface area contributed by atoms with Gasteiger partial charge in [-0.2, -0.15) is 0 Å². The van der Waals surface area contributed by atoms with Gasteiger partial charge in [-0.05, 0) is 39.3 Å². The van der Waals surface area contributed by atoms with Crippen molar-refractivity contribution in [2.24, 2.45) is 5.92 Å².